The maximum absolute atomic E-state index is 9.56. The van der Waals surface area contributed by atoms with Crippen molar-refractivity contribution in [3.05, 3.63) is 0 Å². The fourth-order valence-electron chi connectivity index (χ4n) is 0. The van der Waals surface area contributed by atoms with Gasteiger partial charge >= 0.3 is 9.06 Å². The average Bonchev–Trinajstić information content (AvgIpc) is 1.31. The van der Waals surface area contributed by atoms with Crippen LogP contribution in [-0.4, -0.2) is 17.2 Å². The molecule has 5 nitrogen and oxygen atoms in total. The normalized spacial score (nSPS) is 16.3. The molecule has 3 N–H and O–H groups in total. The molecule has 0 bridgehead atoms. The van der Waals surface area contributed by atoms with Crippen molar-refractivity contribution in [2.45, 2.75) is 0 Å². The van der Waals surface area contributed by atoms with E-state index in [2.05, 4.69) is 5.14 Å². The summed E-state index contributed by atoms with van der Waals surface area (Å²) in [6.07, 6.45) is 0. The third kappa shape index (κ3) is 2.68. The summed E-state index contributed by atoms with van der Waals surface area (Å²) in [7, 11) is -7.15. The first-order chi connectivity index (χ1) is 2.94. The highest BCUT2D eigenvalue weighted by molar-refractivity contribution is 8.61. The van der Waals surface area contributed by atoms with E-state index in [1.165, 1.54) is 0 Å². The second-order valence-corrected chi connectivity index (χ2v) is 4.38. The quantitative estimate of drug-likeness (QED) is 0.343. The fourth-order valence-corrected chi connectivity index (χ4v) is 0. The lowest BCUT2D eigenvalue weighted by molar-refractivity contribution is 0.562. The summed E-state index contributed by atoms with van der Waals surface area (Å²) in [4.78, 5) is 0. The number of rotatable bonds is 1. The molecule has 0 saturated heterocycles. The number of hydrogen-bond acceptors (Lipinski definition) is 3. The molecule has 7 heavy (non-hydrogen) atoms. The predicted octanol–water partition coefficient (Wildman–Crippen LogP) is -1.59. The van der Waals surface area contributed by atoms with Crippen molar-refractivity contribution in [3.63, 3.8) is 0 Å². The van der Waals surface area contributed by atoms with Crippen LogP contribution >= 0.6 is 0 Å². The molecule has 1 unspecified atom stereocenters. The van der Waals surface area contributed by atoms with Gasteiger partial charge in [-0.3, -0.25) is 4.55 Å². The van der Waals surface area contributed by atoms with Crippen molar-refractivity contribution in [1.82, 2.24) is 0 Å². The second kappa shape index (κ2) is 1.86. The molecule has 0 aromatic heterocycles. The van der Waals surface area contributed by atoms with E-state index in [1.54, 1.807) is 0 Å². The molecular weight excluding hydrogens is 142 g/mol. The lowest BCUT2D eigenvalue weighted by atomic mass is 14.0. The first-order valence-corrected chi connectivity index (χ1v) is 4.25. The van der Waals surface area contributed by atoms with E-state index in [9.17, 15) is 12.6 Å². The second-order valence-electron chi connectivity index (χ2n) is 0.710. The van der Waals surface area contributed by atoms with Crippen molar-refractivity contribution in [2.75, 3.05) is 0 Å². The van der Waals surface area contributed by atoms with Gasteiger partial charge in [0, 0.05) is 0 Å². The fraction of sp³-hybridized carbons (Fsp3) is 0. The topological polar surface area (TPSA) is 97.5 Å². The summed E-state index contributed by atoms with van der Waals surface area (Å²) in [5, 5.41) is 4.10. The zero-order chi connectivity index (χ0) is 6.08. The molecule has 0 aromatic carbocycles. The highest BCUT2D eigenvalue weighted by atomic mass is 33.2. The molecule has 0 spiro atoms. The van der Waals surface area contributed by atoms with Gasteiger partial charge in [-0.15, -0.1) is 0 Å². The highest BCUT2D eigenvalue weighted by Crippen LogP contribution is 1.78. The Kier molecular flexibility index (Phi) is 1.87. The van der Waals surface area contributed by atoms with Crippen LogP contribution in [0.15, 0.2) is 0 Å². The predicted molar refractivity (Wildman–Crippen MR) is 23.9 cm³/mol. The molecule has 0 aromatic rings. The number of nitrogens with two attached hydrogens (primary N) is 1. The maximum Gasteiger partial charge on any atom is 0.315 e. The van der Waals surface area contributed by atoms with E-state index in [0.29, 0.717) is 0 Å². The van der Waals surface area contributed by atoms with Gasteiger partial charge in [-0.1, -0.05) is 0 Å². The van der Waals surface area contributed by atoms with Crippen LogP contribution in [0.5, 0.6) is 0 Å². The summed E-state index contributed by atoms with van der Waals surface area (Å²) in [5.41, 5.74) is 0. The molecule has 0 heterocycles. The minimum Gasteiger partial charge on any atom is -0.293 e. The van der Waals surface area contributed by atoms with E-state index in [0.717, 1.165) is 0 Å². The minimum absolute atomic E-state index is 2.93. The van der Waals surface area contributed by atoms with Crippen LogP contribution in [0.1, 0.15) is 0 Å². The van der Waals surface area contributed by atoms with E-state index in [1.807, 2.05) is 0 Å². The Morgan fingerprint density at radius 1 is 1.57 bits per heavy atom. The van der Waals surface area contributed by atoms with Gasteiger partial charge in [-0.2, -0.15) is 8.42 Å². The average molecular weight is 145 g/mol. The van der Waals surface area contributed by atoms with Gasteiger partial charge in [0.2, 0.25) is 0 Å². The lowest BCUT2D eigenvalue weighted by Crippen LogP contribution is -2.16. The molecule has 44 valence electrons. The van der Waals surface area contributed by atoms with Crippen LogP contribution in [0.25, 0.3) is 0 Å². The van der Waals surface area contributed by atoms with Crippen molar-refractivity contribution >= 4 is 19.2 Å². The molecule has 0 radical (unpaired) electrons. The van der Waals surface area contributed by atoms with Crippen molar-refractivity contribution in [3.8, 4) is 0 Å². The molecule has 0 fully saturated rings. The standard InChI is InChI=1S/H3NO4S2/c1-7(4,5)6(2)3/h(H,2,3)(H2,1,4,5). The summed E-state index contributed by atoms with van der Waals surface area (Å²) in [6.45, 7) is 0. The lowest BCUT2D eigenvalue weighted by Gasteiger charge is -1.81. The Labute approximate surface area is 42.3 Å². The number of hydrogen-bond donors (Lipinski definition) is 2. The van der Waals surface area contributed by atoms with Crippen molar-refractivity contribution in [2.24, 2.45) is 5.14 Å². The van der Waals surface area contributed by atoms with Crippen LogP contribution in [0.2, 0.25) is 0 Å². The Morgan fingerprint density at radius 3 is 1.71 bits per heavy atom. The summed E-state index contributed by atoms with van der Waals surface area (Å²) in [6, 6.07) is 0. The van der Waals surface area contributed by atoms with E-state index in [-0.39, 0.29) is 0 Å². The molecule has 0 aliphatic carbocycles. The van der Waals surface area contributed by atoms with Crippen LogP contribution in [0, 0.1) is 0 Å². The zero-order valence-corrected chi connectivity index (χ0v) is 4.70. The molecule has 0 aliphatic heterocycles. The van der Waals surface area contributed by atoms with Gasteiger partial charge < -0.3 is 0 Å². The third-order valence-electron chi connectivity index (χ3n) is 0.199. The summed E-state index contributed by atoms with van der Waals surface area (Å²) >= 11 is 0. The van der Waals surface area contributed by atoms with Crippen LogP contribution < -0.4 is 5.14 Å². The molecule has 7 heteroatoms. The van der Waals surface area contributed by atoms with Crippen LogP contribution in [-0.2, 0) is 19.2 Å². The molecule has 0 saturated carbocycles. The van der Waals surface area contributed by atoms with Gasteiger partial charge in [-0.25, -0.2) is 9.35 Å². The van der Waals surface area contributed by atoms with E-state index < -0.39 is 19.2 Å². The van der Waals surface area contributed by atoms with Crippen molar-refractivity contribution < 1.29 is 17.2 Å². The Morgan fingerprint density at radius 2 is 1.71 bits per heavy atom. The molecule has 1 atom stereocenters. The zero-order valence-electron chi connectivity index (χ0n) is 3.07. The van der Waals surface area contributed by atoms with E-state index in [4.69, 9.17) is 4.55 Å². The monoisotopic (exact) mass is 145 g/mol. The van der Waals surface area contributed by atoms with Crippen LogP contribution in [0.4, 0.5) is 0 Å². The Balaban J connectivity index is 4.43. The van der Waals surface area contributed by atoms with Crippen molar-refractivity contribution in [1.29, 1.82) is 0 Å². The SMILES string of the molecule is NS(=O)(=O)S(=O)O. The van der Waals surface area contributed by atoms with Gasteiger partial charge in [0.05, 0.1) is 0 Å². The third-order valence-corrected chi connectivity index (χ3v) is 1.79. The molecule has 0 rings (SSSR count). The van der Waals surface area contributed by atoms with Gasteiger partial charge in [0.1, 0.15) is 0 Å². The molecule has 0 aliphatic rings. The minimum atomic E-state index is -4.21. The smallest absolute Gasteiger partial charge is 0.293 e. The van der Waals surface area contributed by atoms with Gasteiger partial charge in [-0.05, 0) is 0 Å². The highest BCUT2D eigenvalue weighted by Gasteiger charge is 2.07. The van der Waals surface area contributed by atoms with Gasteiger partial charge in [0.15, 0.2) is 0 Å². The first kappa shape index (κ1) is 7.02. The van der Waals surface area contributed by atoms with Crippen LogP contribution in [0.3, 0.4) is 0 Å². The molecular formula is H3NO4S2. The maximum atomic E-state index is 9.56. The Bertz CT molecular complexity index is 164. The first-order valence-electron chi connectivity index (χ1n) is 1.08. The Hall–Kier alpha value is 0.0200. The summed E-state index contributed by atoms with van der Waals surface area (Å²) < 4.78 is 36.2. The molecule has 0 amide bonds. The summed E-state index contributed by atoms with van der Waals surface area (Å²) in [5.74, 6) is 0. The van der Waals surface area contributed by atoms with E-state index >= 15 is 0 Å². The largest absolute Gasteiger partial charge is 0.315 e. The van der Waals surface area contributed by atoms with Gasteiger partial charge in [0.25, 0.3) is 10.1 Å².